The highest BCUT2D eigenvalue weighted by molar-refractivity contribution is 6.07. The van der Waals surface area contributed by atoms with Gasteiger partial charge in [0, 0.05) is 0 Å². The minimum atomic E-state index is -1.05. The minimum Gasteiger partial charge on any atom is -0.497 e. The average Bonchev–Trinajstić information content (AvgIpc) is 3.27. The molecule has 5 atom stereocenters. The number of hydrogen-bond donors (Lipinski definition) is 1. The second kappa shape index (κ2) is 5.72. The molecular formula is C19H19NO5. The van der Waals surface area contributed by atoms with Crippen molar-refractivity contribution in [3.05, 3.63) is 42.0 Å². The smallest absolute Gasteiger partial charge is 0.305 e. The van der Waals surface area contributed by atoms with E-state index in [4.69, 9.17) is 4.74 Å². The molecule has 1 aromatic rings. The SMILES string of the molecule is COc1cccc([C@H](CC(=O)O)N2C(=O)[C@@H]3[C@@H](C2=O)[C@H]2C=C[C@H]3C2)c1. The zero-order valence-corrected chi connectivity index (χ0v) is 13.8. The van der Waals surface area contributed by atoms with Crippen LogP contribution in [-0.4, -0.2) is 34.9 Å². The molecule has 2 fully saturated rings. The van der Waals surface area contributed by atoms with Crippen LogP contribution < -0.4 is 4.74 Å². The number of aliphatic carboxylic acids is 1. The second-order valence-corrected chi connectivity index (χ2v) is 6.94. The van der Waals surface area contributed by atoms with Gasteiger partial charge in [0.25, 0.3) is 0 Å². The van der Waals surface area contributed by atoms with Gasteiger partial charge in [-0.3, -0.25) is 19.3 Å². The van der Waals surface area contributed by atoms with Gasteiger partial charge in [-0.05, 0) is 36.0 Å². The number of amides is 2. The van der Waals surface area contributed by atoms with Gasteiger partial charge < -0.3 is 9.84 Å². The van der Waals surface area contributed by atoms with E-state index in [0.29, 0.717) is 11.3 Å². The fraction of sp³-hybridized carbons (Fsp3) is 0.421. The lowest BCUT2D eigenvalue weighted by Gasteiger charge is -2.27. The van der Waals surface area contributed by atoms with Gasteiger partial charge in [-0.2, -0.15) is 0 Å². The summed E-state index contributed by atoms with van der Waals surface area (Å²) in [6.07, 6.45) is 4.59. The molecule has 130 valence electrons. The quantitative estimate of drug-likeness (QED) is 0.654. The molecule has 1 N–H and O–H groups in total. The summed E-state index contributed by atoms with van der Waals surface area (Å²) >= 11 is 0. The highest BCUT2D eigenvalue weighted by Gasteiger charge is 2.60. The molecule has 0 aromatic heterocycles. The number of carboxylic acids is 1. The van der Waals surface area contributed by atoms with Gasteiger partial charge in [0.15, 0.2) is 0 Å². The van der Waals surface area contributed by atoms with Crippen LogP contribution in [-0.2, 0) is 14.4 Å². The molecular weight excluding hydrogens is 322 g/mol. The van der Waals surface area contributed by atoms with Crippen molar-refractivity contribution in [2.45, 2.75) is 18.9 Å². The van der Waals surface area contributed by atoms with Gasteiger partial charge in [0.1, 0.15) is 5.75 Å². The lowest BCUT2D eigenvalue weighted by molar-refractivity contribution is -0.146. The van der Waals surface area contributed by atoms with Gasteiger partial charge in [0.2, 0.25) is 11.8 Å². The Morgan fingerprint density at radius 2 is 1.88 bits per heavy atom. The molecule has 2 aliphatic carbocycles. The lowest BCUT2D eigenvalue weighted by Crippen LogP contribution is -2.37. The highest BCUT2D eigenvalue weighted by Crippen LogP contribution is 2.54. The molecule has 3 aliphatic rings. The zero-order chi connectivity index (χ0) is 17.7. The molecule has 0 radical (unpaired) electrons. The number of benzene rings is 1. The summed E-state index contributed by atoms with van der Waals surface area (Å²) in [5.41, 5.74) is 0.601. The fourth-order valence-corrected chi connectivity index (χ4v) is 4.60. The number of carbonyl (C=O) groups is 3. The molecule has 6 heteroatoms. The summed E-state index contributed by atoms with van der Waals surface area (Å²) in [6, 6.07) is 6.10. The van der Waals surface area contributed by atoms with E-state index in [1.54, 1.807) is 24.3 Å². The van der Waals surface area contributed by atoms with Gasteiger partial charge >= 0.3 is 5.97 Å². The summed E-state index contributed by atoms with van der Waals surface area (Å²) in [5, 5.41) is 9.33. The monoisotopic (exact) mass is 341 g/mol. The van der Waals surface area contributed by atoms with Crippen LogP contribution in [0.1, 0.15) is 24.4 Å². The van der Waals surface area contributed by atoms with Crippen molar-refractivity contribution in [3.8, 4) is 5.75 Å². The topological polar surface area (TPSA) is 83.9 Å². The van der Waals surface area contributed by atoms with Crippen LogP contribution in [0.25, 0.3) is 0 Å². The molecule has 1 aliphatic heterocycles. The Hall–Kier alpha value is -2.63. The van der Waals surface area contributed by atoms with E-state index in [-0.39, 0.29) is 41.9 Å². The van der Waals surface area contributed by atoms with Crippen molar-refractivity contribution in [1.82, 2.24) is 4.90 Å². The number of hydrogen-bond acceptors (Lipinski definition) is 4. The third-order valence-electron chi connectivity index (χ3n) is 5.66. The summed E-state index contributed by atoms with van der Waals surface area (Å²) in [5.74, 6) is -1.41. The first-order valence-electron chi connectivity index (χ1n) is 8.42. The number of methoxy groups -OCH3 is 1. The molecule has 0 unspecified atom stereocenters. The lowest BCUT2D eigenvalue weighted by atomic mass is 9.85. The van der Waals surface area contributed by atoms with Crippen LogP contribution in [0.5, 0.6) is 5.75 Å². The maximum Gasteiger partial charge on any atom is 0.305 e. The molecule has 2 bridgehead atoms. The number of ether oxygens (including phenoxy) is 1. The van der Waals surface area contributed by atoms with Crippen LogP contribution in [0, 0.1) is 23.7 Å². The van der Waals surface area contributed by atoms with Crippen molar-refractivity contribution in [2.24, 2.45) is 23.7 Å². The molecule has 1 heterocycles. The van der Waals surface area contributed by atoms with Gasteiger partial charge in [0.05, 0.1) is 31.4 Å². The van der Waals surface area contributed by atoms with E-state index >= 15 is 0 Å². The predicted octanol–water partition coefficient (Wildman–Crippen LogP) is 2.02. The number of nitrogens with zero attached hydrogens (tertiary/aromatic N) is 1. The summed E-state index contributed by atoms with van der Waals surface area (Å²) in [6.45, 7) is 0. The van der Waals surface area contributed by atoms with Crippen molar-refractivity contribution < 1.29 is 24.2 Å². The second-order valence-electron chi connectivity index (χ2n) is 6.94. The number of rotatable bonds is 5. The number of likely N-dealkylation sites (tertiary alicyclic amines) is 1. The van der Waals surface area contributed by atoms with Crippen molar-refractivity contribution in [3.63, 3.8) is 0 Å². The van der Waals surface area contributed by atoms with E-state index < -0.39 is 12.0 Å². The first kappa shape index (κ1) is 15.9. The first-order chi connectivity index (χ1) is 12.0. The largest absolute Gasteiger partial charge is 0.497 e. The van der Waals surface area contributed by atoms with Crippen LogP contribution in [0.15, 0.2) is 36.4 Å². The number of fused-ring (bicyclic) bond motifs is 5. The van der Waals surface area contributed by atoms with Crippen LogP contribution in [0.2, 0.25) is 0 Å². The first-order valence-corrected chi connectivity index (χ1v) is 8.42. The van der Waals surface area contributed by atoms with E-state index in [1.807, 2.05) is 12.2 Å². The van der Waals surface area contributed by atoms with Gasteiger partial charge in [-0.1, -0.05) is 24.3 Å². The zero-order valence-electron chi connectivity index (χ0n) is 13.8. The molecule has 25 heavy (non-hydrogen) atoms. The van der Waals surface area contributed by atoms with E-state index in [2.05, 4.69) is 0 Å². The molecule has 1 saturated heterocycles. The molecule has 2 amide bonds. The fourth-order valence-electron chi connectivity index (χ4n) is 4.60. The normalized spacial score (nSPS) is 30.7. The average molecular weight is 341 g/mol. The number of carboxylic acid groups (broad SMARTS) is 1. The number of allylic oxidation sites excluding steroid dienone is 2. The summed E-state index contributed by atoms with van der Waals surface area (Å²) in [4.78, 5) is 38.6. The van der Waals surface area contributed by atoms with Crippen LogP contribution >= 0.6 is 0 Å². The Bertz CT molecular complexity index is 756. The van der Waals surface area contributed by atoms with Crippen molar-refractivity contribution in [2.75, 3.05) is 7.11 Å². The molecule has 0 spiro atoms. The number of carbonyl (C=O) groups excluding carboxylic acids is 2. The van der Waals surface area contributed by atoms with Gasteiger partial charge in [-0.15, -0.1) is 0 Å². The van der Waals surface area contributed by atoms with E-state index in [9.17, 15) is 19.5 Å². The van der Waals surface area contributed by atoms with Crippen molar-refractivity contribution >= 4 is 17.8 Å². The summed E-state index contributed by atoms with van der Waals surface area (Å²) < 4.78 is 5.20. The highest BCUT2D eigenvalue weighted by atomic mass is 16.5. The third kappa shape index (κ3) is 2.35. The Morgan fingerprint density at radius 3 is 2.44 bits per heavy atom. The Morgan fingerprint density at radius 1 is 1.24 bits per heavy atom. The van der Waals surface area contributed by atoms with Gasteiger partial charge in [-0.25, -0.2) is 0 Å². The standard InChI is InChI=1S/C19H19NO5/c1-25-13-4-2-3-10(8-13)14(9-15(21)22)20-18(23)16-11-5-6-12(7-11)17(16)19(20)24/h2-6,8,11-12,14,16-17H,7,9H2,1H3,(H,21,22)/t11-,12-,14-,16-,17-/m0/s1. The molecule has 6 nitrogen and oxygen atoms in total. The molecule has 1 saturated carbocycles. The molecule has 4 rings (SSSR count). The maximum atomic E-state index is 13.0. The minimum absolute atomic E-state index is 0.104. The third-order valence-corrected chi connectivity index (χ3v) is 5.66. The van der Waals surface area contributed by atoms with Crippen LogP contribution in [0.3, 0.4) is 0 Å². The molecule has 1 aromatic carbocycles. The predicted molar refractivity (Wildman–Crippen MR) is 87.6 cm³/mol. The van der Waals surface area contributed by atoms with E-state index in [1.165, 1.54) is 12.0 Å². The Balaban J connectivity index is 1.72. The number of imide groups is 1. The van der Waals surface area contributed by atoms with Crippen LogP contribution in [0.4, 0.5) is 0 Å². The Kier molecular flexibility index (Phi) is 3.63. The summed E-state index contributed by atoms with van der Waals surface area (Å²) in [7, 11) is 1.52. The Labute approximate surface area is 145 Å². The van der Waals surface area contributed by atoms with Crippen molar-refractivity contribution in [1.29, 1.82) is 0 Å². The van der Waals surface area contributed by atoms with E-state index in [0.717, 1.165) is 6.42 Å². The maximum absolute atomic E-state index is 13.0.